The van der Waals surface area contributed by atoms with E-state index < -0.39 is 6.09 Å². The molecule has 2 N–H and O–H groups in total. The number of ketones is 1. The number of benzene rings is 1. The van der Waals surface area contributed by atoms with Gasteiger partial charge in [0.05, 0.1) is 6.42 Å². The highest BCUT2D eigenvalue weighted by Crippen LogP contribution is 2.01. The molecule has 0 unspecified atom stereocenters. The average molecular weight is 192 g/mol. The fourth-order valence-electron chi connectivity index (χ4n) is 0.920. The van der Waals surface area contributed by atoms with Gasteiger partial charge in [0.15, 0.2) is 5.78 Å². The van der Waals surface area contributed by atoms with Crippen LogP contribution < -0.4 is 5.73 Å². The molecule has 1 aromatic rings. The lowest BCUT2D eigenvalue weighted by Crippen LogP contribution is -2.16. The fourth-order valence-corrected chi connectivity index (χ4v) is 0.920. The molecule has 73 valence electrons. The van der Waals surface area contributed by atoms with Crippen LogP contribution in [0.1, 0.15) is 10.4 Å². The van der Waals surface area contributed by atoms with Crippen molar-refractivity contribution < 1.29 is 14.3 Å². The summed E-state index contributed by atoms with van der Waals surface area (Å²) in [5.74, 6) is -0.188. The predicted octanol–water partition coefficient (Wildman–Crippen LogP) is 1.17. The van der Waals surface area contributed by atoms with Crippen LogP contribution in [0.25, 0.3) is 0 Å². The van der Waals surface area contributed by atoms with Crippen molar-refractivity contribution in [3.05, 3.63) is 42.3 Å². The van der Waals surface area contributed by atoms with Gasteiger partial charge in [0.1, 0.15) is 6.61 Å². The smallest absolute Gasteiger partial charge is 0.404 e. The minimum Gasteiger partial charge on any atom is -0.449 e. The maximum atomic E-state index is 11.3. The van der Waals surface area contributed by atoms with Crippen molar-refractivity contribution in [2.75, 3.05) is 6.61 Å². The maximum Gasteiger partial charge on any atom is 0.404 e. The van der Waals surface area contributed by atoms with Crippen molar-refractivity contribution in [3.63, 3.8) is 0 Å². The highest BCUT2D eigenvalue weighted by molar-refractivity contribution is 6.02. The van der Waals surface area contributed by atoms with Gasteiger partial charge >= 0.3 is 6.09 Å². The van der Waals surface area contributed by atoms with E-state index in [2.05, 4.69) is 4.74 Å². The van der Waals surface area contributed by atoms with Crippen molar-refractivity contribution in [3.8, 4) is 0 Å². The lowest BCUT2D eigenvalue weighted by atomic mass is 10.1. The van der Waals surface area contributed by atoms with Crippen molar-refractivity contribution in [2.45, 2.75) is 0 Å². The predicted molar refractivity (Wildman–Crippen MR) is 50.6 cm³/mol. The molecule has 4 nitrogen and oxygen atoms in total. The highest BCUT2D eigenvalue weighted by atomic mass is 16.5. The van der Waals surface area contributed by atoms with Crippen molar-refractivity contribution in [2.24, 2.45) is 5.73 Å². The Kier molecular flexibility index (Phi) is 3.67. The zero-order chi connectivity index (χ0) is 10.4. The number of ether oxygens (including phenoxy) is 1. The molecule has 0 saturated carbocycles. The van der Waals surface area contributed by atoms with Gasteiger partial charge in [-0.15, -0.1) is 0 Å². The normalized spacial score (nSPS) is 9.43. The van der Waals surface area contributed by atoms with E-state index in [9.17, 15) is 9.59 Å². The van der Waals surface area contributed by atoms with Crippen LogP contribution >= 0.6 is 0 Å². The summed E-state index contributed by atoms with van der Waals surface area (Å²) >= 11 is 0. The van der Waals surface area contributed by atoms with Gasteiger partial charge in [-0.05, 0) is 0 Å². The van der Waals surface area contributed by atoms with E-state index in [-0.39, 0.29) is 12.4 Å². The van der Waals surface area contributed by atoms with Gasteiger partial charge in [0, 0.05) is 5.56 Å². The quantitative estimate of drug-likeness (QED) is 0.728. The molecular weight excluding hydrogens is 182 g/mol. The Morgan fingerprint density at radius 3 is 2.50 bits per heavy atom. The highest BCUT2D eigenvalue weighted by Gasteiger charge is 2.05. The van der Waals surface area contributed by atoms with Crippen LogP contribution in [0.3, 0.4) is 0 Å². The molecule has 0 aliphatic heterocycles. The Hall–Kier alpha value is -1.84. The zero-order valence-electron chi connectivity index (χ0n) is 7.47. The summed E-state index contributed by atoms with van der Waals surface area (Å²) < 4.78 is 4.40. The first kappa shape index (κ1) is 10.2. The SMILES string of the molecule is NC(=O)OC[CH]C(=O)c1ccccc1. The Bertz CT molecular complexity index is 321. The number of carbonyl (C=O) groups is 2. The molecular formula is C10H10NO3. The van der Waals surface area contributed by atoms with E-state index in [1.807, 2.05) is 6.07 Å². The van der Waals surface area contributed by atoms with E-state index in [0.717, 1.165) is 0 Å². The number of amides is 1. The molecule has 1 aromatic carbocycles. The third kappa shape index (κ3) is 3.26. The van der Waals surface area contributed by atoms with E-state index >= 15 is 0 Å². The van der Waals surface area contributed by atoms with E-state index in [1.54, 1.807) is 24.3 Å². The first-order valence-corrected chi connectivity index (χ1v) is 4.05. The van der Waals surface area contributed by atoms with Crippen LogP contribution in [0.4, 0.5) is 4.79 Å². The Morgan fingerprint density at radius 1 is 1.29 bits per heavy atom. The van der Waals surface area contributed by atoms with Gasteiger partial charge in [-0.1, -0.05) is 30.3 Å². The number of hydrogen-bond acceptors (Lipinski definition) is 3. The molecule has 0 fully saturated rings. The minimum absolute atomic E-state index is 0.0942. The number of hydrogen-bond donors (Lipinski definition) is 1. The number of Topliss-reactive ketones (excluding diaryl/α,β-unsaturated/α-hetero) is 1. The Morgan fingerprint density at radius 2 is 1.93 bits per heavy atom. The zero-order valence-corrected chi connectivity index (χ0v) is 7.47. The van der Waals surface area contributed by atoms with Gasteiger partial charge in [-0.3, -0.25) is 4.79 Å². The summed E-state index contributed by atoms with van der Waals surface area (Å²) in [6.45, 7) is -0.0942. The molecule has 0 spiro atoms. The molecule has 0 aromatic heterocycles. The molecule has 0 atom stereocenters. The number of carbonyl (C=O) groups excluding carboxylic acids is 2. The molecule has 0 saturated heterocycles. The van der Waals surface area contributed by atoms with E-state index in [0.29, 0.717) is 5.56 Å². The Labute approximate surface area is 81.7 Å². The number of primary amides is 1. The Balaban J connectivity index is 2.40. The maximum absolute atomic E-state index is 11.3. The average Bonchev–Trinajstić information content (AvgIpc) is 2.18. The first-order chi connectivity index (χ1) is 6.70. The van der Waals surface area contributed by atoms with Crippen LogP contribution in [-0.2, 0) is 4.74 Å². The molecule has 0 aliphatic carbocycles. The number of nitrogens with two attached hydrogens (primary N) is 1. The molecule has 0 heterocycles. The summed E-state index contributed by atoms with van der Waals surface area (Å²) in [5.41, 5.74) is 5.28. The molecule has 0 aliphatic rings. The second-order valence-corrected chi connectivity index (χ2v) is 2.56. The summed E-state index contributed by atoms with van der Waals surface area (Å²) in [6, 6.07) is 8.70. The molecule has 0 bridgehead atoms. The summed E-state index contributed by atoms with van der Waals surface area (Å²) in [7, 11) is 0. The van der Waals surface area contributed by atoms with E-state index in [4.69, 9.17) is 5.73 Å². The lowest BCUT2D eigenvalue weighted by molar-refractivity contribution is 0.100. The van der Waals surface area contributed by atoms with Gasteiger partial charge < -0.3 is 10.5 Å². The molecule has 1 amide bonds. The third-order valence-electron chi connectivity index (χ3n) is 1.55. The fraction of sp³-hybridized carbons (Fsp3) is 0.100. The van der Waals surface area contributed by atoms with Crippen molar-refractivity contribution in [1.29, 1.82) is 0 Å². The molecule has 14 heavy (non-hydrogen) atoms. The number of rotatable bonds is 4. The summed E-state index contributed by atoms with van der Waals surface area (Å²) in [6.07, 6.45) is 0.377. The molecule has 1 radical (unpaired) electrons. The first-order valence-electron chi connectivity index (χ1n) is 4.05. The largest absolute Gasteiger partial charge is 0.449 e. The van der Waals surface area contributed by atoms with Crippen LogP contribution in [0.15, 0.2) is 30.3 Å². The molecule has 4 heteroatoms. The van der Waals surface area contributed by atoms with Crippen LogP contribution in [0.5, 0.6) is 0 Å². The van der Waals surface area contributed by atoms with Gasteiger partial charge in [0.25, 0.3) is 0 Å². The van der Waals surface area contributed by atoms with Gasteiger partial charge in [-0.25, -0.2) is 4.79 Å². The van der Waals surface area contributed by atoms with Gasteiger partial charge in [-0.2, -0.15) is 0 Å². The van der Waals surface area contributed by atoms with Crippen LogP contribution in [-0.4, -0.2) is 18.5 Å². The standard InChI is InChI=1S/C10H10NO3/c11-10(13)14-7-6-9(12)8-4-2-1-3-5-8/h1-6H,7H2,(H2,11,13). The lowest BCUT2D eigenvalue weighted by Gasteiger charge is -2.00. The van der Waals surface area contributed by atoms with Crippen LogP contribution in [0.2, 0.25) is 0 Å². The molecule has 1 rings (SSSR count). The van der Waals surface area contributed by atoms with Gasteiger partial charge in [0.2, 0.25) is 0 Å². The monoisotopic (exact) mass is 192 g/mol. The summed E-state index contributed by atoms with van der Waals surface area (Å²) in [5, 5.41) is 0. The van der Waals surface area contributed by atoms with E-state index in [1.165, 1.54) is 6.42 Å². The third-order valence-corrected chi connectivity index (χ3v) is 1.55. The second kappa shape index (κ2) is 5.01. The van der Waals surface area contributed by atoms with Crippen LogP contribution in [0, 0.1) is 6.42 Å². The second-order valence-electron chi connectivity index (χ2n) is 2.56. The van der Waals surface area contributed by atoms with Crippen molar-refractivity contribution in [1.82, 2.24) is 0 Å². The minimum atomic E-state index is -0.887. The van der Waals surface area contributed by atoms with Crippen molar-refractivity contribution >= 4 is 11.9 Å². The topological polar surface area (TPSA) is 69.4 Å². The summed E-state index contributed by atoms with van der Waals surface area (Å²) in [4.78, 5) is 21.5.